The van der Waals surface area contributed by atoms with Crippen molar-refractivity contribution < 1.29 is 28.6 Å². The molecule has 0 saturated carbocycles. The standard InChI is InChI=1S/C71H126O6/c1-4-7-10-13-16-19-22-24-26-28-30-32-34-35-37-38-40-42-44-46-49-52-55-58-61-64-70(73)76-67-68(66-75-69(72)63-60-57-54-51-48-21-18-15-12-9-6-3)77-71(74)65-62-59-56-53-50-47-45-43-41-39-36-33-31-29-27-25-23-20-17-14-11-8-5-2/h8,11,17,20,25,27,31,33,39,41,45,47,68H,4-7,9-10,12-16,18-19,21-24,26,28-30,32,34-38,40,42-44,46,48-67H2,1-3H3/b11-8-,20-17-,27-25-,33-31-,41-39-,47-45-. The first-order chi connectivity index (χ1) is 38.0. The number of rotatable bonds is 61. The Balaban J connectivity index is 4.27. The van der Waals surface area contributed by atoms with Gasteiger partial charge in [-0.15, -0.1) is 0 Å². The Morgan fingerprint density at radius 1 is 0.273 bits per heavy atom. The van der Waals surface area contributed by atoms with Gasteiger partial charge in [0.1, 0.15) is 13.2 Å². The monoisotopic (exact) mass is 1070 g/mol. The summed E-state index contributed by atoms with van der Waals surface area (Å²) in [5.41, 5.74) is 0. The van der Waals surface area contributed by atoms with Gasteiger partial charge in [-0.1, -0.05) is 325 Å². The summed E-state index contributed by atoms with van der Waals surface area (Å²) < 4.78 is 16.9. The molecule has 1 unspecified atom stereocenters. The molecule has 0 aliphatic rings. The molecule has 0 aromatic heterocycles. The molecule has 446 valence electrons. The average Bonchev–Trinajstić information content (AvgIpc) is 3.43. The highest BCUT2D eigenvalue weighted by atomic mass is 16.6. The predicted molar refractivity (Wildman–Crippen MR) is 335 cm³/mol. The second kappa shape index (κ2) is 65.4. The van der Waals surface area contributed by atoms with Crippen LogP contribution in [0.15, 0.2) is 72.9 Å². The molecule has 6 nitrogen and oxygen atoms in total. The van der Waals surface area contributed by atoms with Gasteiger partial charge in [-0.05, 0) is 70.6 Å². The molecular weight excluding hydrogens is 949 g/mol. The van der Waals surface area contributed by atoms with Gasteiger partial charge in [0, 0.05) is 19.3 Å². The smallest absolute Gasteiger partial charge is 0.306 e. The highest BCUT2D eigenvalue weighted by molar-refractivity contribution is 5.71. The third-order valence-electron chi connectivity index (χ3n) is 14.7. The fraction of sp³-hybridized carbons (Fsp3) is 0.789. The maximum absolute atomic E-state index is 12.9. The Bertz CT molecular complexity index is 1420. The van der Waals surface area contributed by atoms with Gasteiger partial charge >= 0.3 is 17.9 Å². The fourth-order valence-corrected chi connectivity index (χ4v) is 9.74. The van der Waals surface area contributed by atoms with Gasteiger partial charge in [-0.3, -0.25) is 14.4 Å². The maximum Gasteiger partial charge on any atom is 0.306 e. The zero-order chi connectivity index (χ0) is 55.7. The number of allylic oxidation sites excluding steroid dienone is 12. The van der Waals surface area contributed by atoms with Crippen LogP contribution in [0.3, 0.4) is 0 Å². The van der Waals surface area contributed by atoms with E-state index in [1.54, 1.807) is 0 Å². The summed E-state index contributed by atoms with van der Waals surface area (Å²) in [4.78, 5) is 38.3. The van der Waals surface area contributed by atoms with Gasteiger partial charge in [0.25, 0.3) is 0 Å². The largest absolute Gasteiger partial charge is 0.462 e. The topological polar surface area (TPSA) is 78.9 Å². The Morgan fingerprint density at radius 2 is 0.506 bits per heavy atom. The van der Waals surface area contributed by atoms with Crippen LogP contribution < -0.4 is 0 Å². The van der Waals surface area contributed by atoms with Crippen molar-refractivity contribution in [3.63, 3.8) is 0 Å². The minimum atomic E-state index is -0.787. The van der Waals surface area contributed by atoms with E-state index in [0.717, 1.165) is 109 Å². The first kappa shape index (κ1) is 73.8. The Hall–Kier alpha value is -3.15. The first-order valence-electron chi connectivity index (χ1n) is 33.4. The van der Waals surface area contributed by atoms with Gasteiger partial charge < -0.3 is 14.2 Å². The SMILES string of the molecule is CC/C=C\C/C=C\C/C=C\C/C=C\C/C=C\C/C=C\CCCCCCC(=O)OC(COC(=O)CCCCCCCCCCCCC)COC(=O)CCCCCCCCCCCCCCCCCCCCCCCCCCC. The second-order valence-electron chi connectivity index (χ2n) is 22.4. The average molecular weight is 1080 g/mol. The zero-order valence-corrected chi connectivity index (χ0v) is 51.2. The second-order valence-corrected chi connectivity index (χ2v) is 22.4. The lowest BCUT2D eigenvalue weighted by Gasteiger charge is -2.18. The molecule has 0 N–H and O–H groups in total. The van der Waals surface area contributed by atoms with E-state index in [4.69, 9.17) is 14.2 Å². The fourth-order valence-electron chi connectivity index (χ4n) is 9.74. The molecule has 0 heterocycles. The van der Waals surface area contributed by atoms with Crippen LogP contribution in [-0.4, -0.2) is 37.2 Å². The van der Waals surface area contributed by atoms with Gasteiger partial charge in [0.15, 0.2) is 6.10 Å². The lowest BCUT2D eigenvalue weighted by molar-refractivity contribution is -0.167. The zero-order valence-electron chi connectivity index (χ0n) is 51.2. The van der Waals surface area contributed by atoms with Crippen LogP contribution in [0.4, 0.5) is 0 Å². The van der Waals surface area contributed by atoms with Crippen molar-refractivity contribution in [2.45, 2.75) is 348 Å². The van der Waals surface area contributed by atoms with Gasteiger partial charge in [-0.2, -0.15) is 0 Å². The lowest BCUT2D eigenvalue weighted by atomic mass is 10.0. The van der Waals surface area contributed by atoms with E-state index >= 15 is 0 Å². The van der Waals surface area contributed by atoms with Crippen LogP contribution in [0.1, 0.15) is 342 Å². The lowest BCUT2D eigenvalue weighted by Crippen LogP contribution is -2.30. The molecule has 0 spiro atoms. The van der Waals surface area contributed by atoms with Crippen LogP contribution in [0.25, 0.3) is 0 Å². The minimum Gasteiger partial charge on any atom is -0.462 e. The van der Waals surface area contributed by atoms with Crippen molar-refractivity contribution in [2.24, 2.45) is 0 Å². The van der Waals surface area contributed by atoms with E-state index in [1.165, 1.54) is 193 Å². The summed E-state index contributed by atoms with van der Waals surface area (Å²) in [7, 11) is 0. The van der Waals surface area contributed by atoms with Crippen LogP contribution in [-0.2, 0) is 28.6 Å². The first-order valence-corrected chi connectivity index (χ1v) is 33.4. The third kappa shape index (κ3) is 63.6. The van der Waals surface area contributed by atoms with E-state index in [2.05, 4.69) is 93.7 Å². The predicted octanol–water partition coefficient (Wildman–Crippen LogP) is 22.9. The van der Waals surface area contributed by atoms with E-state index in [9.17, 15) is 14.4 Å². The van der Waals surface area contributed by atoms with Crippen molar-refractivity contribution >= 4 is 17.9 Å². The van der Waals surface area contributed by atoms with E-state index in [-0.39, 0.29) is 31.1 Å². The van der Waals surface area contributed by atoms with Gasteiger partial charge in [0.05, 0.1) is 0 Å². The minimum absolute atomic E-state index is 0.0817. The maximum atomic E-state index is 12.9. The summed E-state index contributed by atoms with van der Waals surface area (Å²) in [5, 5.41) is 0. The summed E-state index contributed by atoms with van der Waals surface area (Å²) >= 11 is 0. The Labute approximate surface area is 478 Å². The number of unbranched alkanes of at least 4 members (excludes halogenated alkanes) is 38. The van der Waals surface area contributed by atoms with Crippen LogP contribution in [0.2, 0.25) is 0 Å². The molecule has 0 aliphatic heterocycles. The molecule has 0 saturated heterocycles. The molecule has 0 bridgehead atoms. The number of esters is 3. The highest BCUT2D eigenvalue weighted by Gasteiger charge is 2.19. The molecule has 1 atom stereocenters. The van der Waals surface area contributed by atoms with E-state index in [0.29, 0.717) is 19.3 Å². The van der Waals surface area contributed by atoms with Crippen LogP contribution in [0, 0.1) is 0 Å². The number of hydrogen-bond donors (Lipinski definition) is 0. The summed E-state index contributed by atoms with van der Waals surface area (Å²) in [6.07, 6.45) is 85.0. The molecule has 77 heavy (non-hydrogen) atoms. The van der Waals surface area contributed by atoms with Gasteiger partial charge in [0.2, 0.25) is 0 Å². The summed E-state index contributed by atoms with van der Waals surface area (Å²) in [6, 6.07) is 0. The van der Waals surface area contributed by atoms with E-state index in [1.807, 2.05) is 0 Å². The molecule has 0 radical (unpaired) electrons. The molecular formula is C71H126O6. The number of ether oxygens (including phenoxy) is 3. The molecule has 0 amide bonds. The quantitative estimate of drug-likeness (QED) is 0.0261. The van der Waals surface area contributed by atoms with E-state index < -0.39 is 6.10 Å². The highest BCUT2D eigenvalue weighted by Crippen LogP contribution is 2.18. The van der Waals surface area contributed by atoms with Crippen LogP contribution in [0.5, 0.6) is 0 Å². The van der Waals surface area contributed by atoms with Crippen molar-refractivity contribution in [3.05, 3.63) is 72.9 Å². The number of carbonyl (C=O) groups is 3. The molecule has 6 heteroatoms. The summed E-state index contributed by atoms with van der Waals surface area (Å²) in [6.45, 7) is 6.55. The molecule has 0 aromatic rings. The number of hydrogen-bond acceptors (Lipinski definition) is 6. The normalized spacial score (nSPS) is 12.5. The van der Waals surface area contributed by atoms with Crippen molar-refractivity contribution in [3.8, 4) is 0 Å². The molecule has 0 aromatic carbocycles. The van der Waals surface area contributed by atoms with Crippen molar-refractivity contribution in [1.29, 1.82) is 0 Å². The number of carbonyl (C=O) groups excluding carboxylic acids is 3. The van der Waals surface area contributed by atoms with Crippen LogP contribution >= 0.6 is 0 Å². The Morgan fingerprint density at radius 3 is 0.792 bits per heavy atom. The van der Waals surface area contributed by atoms with Crippen molar-refractivity contribution in [1.82, 2.24) is 0 Å². The molecule has 0 aliphatic carbocycles. The molecule has 0 rings (SSSR count). The van der Waals surface area contributed by atoms with Crippen molar-refractivity contribution in [2.75, 3.05) is 13.2 Å². The van der Waals surface area contributed by atoms with Gasteiger partial charge in [-0.25, -0.2) is 0 Å². The summed E-state index contributed by atoms with van der Waals surface area (Å²) in [5.74, 6) is -0.889. The molecule has 0 fully saturated rings. The Kier molecular flexibility index (Phi) is 62.7. The third-order valence-corrected chi connectivity index (χ3v) is 14.7.